The molecule has 0 spiro atoms. The van der Waals surface area contributed by atoms with Crippen LogP contribution in [0.2, 0.25) is 5.02 Å². The Morgan fingerprint density at radius 3 is 2.54 bits per heavy atom. The third-order valence-electron chi connectivity index (χ3n) is 5.52. The van der Waals surface area contributed by atoms with Crippen molar-refractivity contribution in [2.45, 2.75) is 12.8 Å². The van der Waals surface area contributed by atoms with E-state index in [9.17, 15) is 9.59 Å². The molecule has 3 aromatic rings. The number of carbonyl (C=O) groups is 2. The summed E-state index contributed by atoms with van der Waals surface area (Å²) in [6, 6.07) is 11.9. The number of hydrogen-bond donors (Lipinski definition) is 1. The number of anilines is 1. The van der Waals surface area contributed by atoms with Crippen LogP contribution >= 0.6 is 11.6 Å². The molecule has 1 aliphatic heterocycles. The Balaban J connectivity index is 1.66. The number of nitrogens with zero attached hydrogens (tertiary/aromatic N) is 2. The summed E-state index contributed by atoms with van der Waals surface area (Å²) in [6.45, 7) is 0. The quantitative estimate of drug-likeness (QED) is 0.487. The first-order chi connectivity index (χ1) is 16.9. The lowest BCUT2D eigenvalue weighted by Gasteiger charge is -2.15. The van der Waals surface area contributed by atoms with Crippen molar-refractivity contribution in [3.63, 3.8) is 0 Å². The number of allylic oxidation sites excluding steroid dienone is 3. The van der Waals surface area contributed by atoms with Crippen molar-refractivity contribution in [2.24, 2.45) is 0 Å². The number of fused-ring (bicyclic) bond motifs is 1. The molecule has 0 saturated carbocycles. The number of aromatic nitrogens is 2. The molecule has 1 amide bonds. The van der Waals surface area contributed by atoms with Gasteiger partial charge < -0.3 is 19.5 Å². The lowest BCUT2D eigenvalue weighted by Crippen LogP contribution is -2.14. The van der Waals surface area contributed by atoms with Crippen LogP contribution in [0.3, 0.4) is 0 Å². The second kappa shape index (κ2) is 10.5. The smallest absolute Gasteiger partial charge is 0.337 e. The summed E-state index contributed by atoms with van der Waals surface area (Å²) in [5.74, 6) is 0.279. The van der Waals surface area contributed by atoms with E-state index in [1.807, 2.05) is 30.4 Å². The minimum Gasteiger partial charge on any atom is -0.493 e. The zero-order chi connectivity index (χ0) is 24.9. The topological polar surface area (TPSA) is 91.7 Å². The normalized spacial score (nSPS) is 15.0. The minimum atomic E-state index is -0.512. The third-order valence-corrected chi connectivity index (χ3v) is 5.83. The lowest BCUT2D eigenvalue weighted by atomic mass is 10.1. The highest BCUT2D eigenvalue weighted by Gasteiger charge is 2.20. The van der Waals surface area contributed by atoms with Crippen molar-refractivity contribution in [1.82, 2.24) is 9.78 Å². The Kier molecular flexibility index (Phi) is 7.22. The summed E-state index contributed by atoms with van der Waals surface area (Å²) in [4.78, 5) is 24.8. The summed E-state index contributed by atoms with van der Waals surface area (Å²) in [6.07, 6.45) is 7.50. The van der Waals surface area contributed by atoms with Gasteiger partial charge in [0.25, 0.3) is 5.91 Å². The third kappa shape index (κ3) is 5.07. The molecule has 0 bridgehead atoms. The molecule has 35 heavy (non-hydrogen) atoms. The number of nitrogens with one attached hydrogen (secondary N) is 1. The van der Waals surface area contributed by atoms with Gasteiger partial charge in [0.2, 0.25) is 0 Å². The van der Waals surface area contributed by atoms with E-state index in [1.165, 1.54) is 19.2 Å². The molecule has 180 valence electrons. The summed E-state index contributed by atoms with van der Waals surface area (Å²) in [5, 5.41) is 7.59. The molecular weight excluding hydrogens is 470 g/mol. The minimum absolute atomic E-state index is 0.217. The fraction of sp³-hybridized carbons (Fsp3) is 0.192. The van der Waals surface area contributed by atoms with Crippen LogP contribution in [0, 0.1) is 0 Å². The van der Waals surface area contributed by atoms with Gasteiger partial charge in [0.15, 0.2) is 17.2 Å². The zero-order valence-corrected chi connectivity index (χ0v) is 20.3. The maximum Gasteiger partial charge on any atom is 0.337 e. The van der Waals surface area contributed by atoms with E-state index in [-0.39, 0.29) is 16.3 Å². The van der Waals surface area contributed by atoms with E-state index in [1.54, 1.807) is 31.0 Å². The second-order valence-corrected chi connectivity index (χ2v) is 8.07. The number of carbonyl (C=O) groups excluding carboxylic acids is 2. The van der Waals surface area contributed by atoms with Crippen LogP contribution in [0.1, 0.15) is 38.5 Å². The summed E-state index contributed by atoms with van der Waals surface area (Å²) < 4.78 is 17.3. The molecule has 2 heterocycles. The maximum absolute atomic E-state index is 13.0. The van der Waals surface area contributed by atoms with Gasteiger partial charge in [-0.2, -0.15) is 5.10 Å². The average molecular weight is 494 g/mol. The largest absolute Gasteiger partial charge is 0.493 e. The Morgan fingerprint density at radius 2 is 1.83 bits per heavy atom. The molecule has 0 radical (unpaired) electrons. The predicted molar refractivity (Wildman–Crippen MR) is 133 cm³/mol. The van der Waals surface area contributed by atoms with E-state index < -0.39 is 11.9 Å². The fourth-order valence-electron chi connectivity index (χ4n) is 3.74. The first-order valence-electron chi connectivity index (χ1n) is 10.8. The number of esters is 1. The number of amides is 1. The van der Waals surface area contributed by atoms with Gasteiger partial charge in [-0.15, -0.1) is 0 Å². The molecule has 1 N–H and O–H groups in total. The molecule has 0 aliphatic carbocycles. The predicted octanol–water partition coefficient (Wildman–Crippen LogP) is 4.98. The van der Waals surface area contributed by atoms with E-state index in [0.717, 1.165) is 23.4 Å². The standard InChI is InChI=1S/C26H24ClN3O5/c1-33-23-12-10-16(14-24(23)34-2)22-8-6-4-5-7-18-15-21(29-30(18)22)25(31)28-20-11-9-17(13-19(20)27)26(32)35-3/h4,6,8-15H,5,7H2,1-3H3,(H,28,31)/b6-4-,22-8-. The first kappa shape index (κ1) is 24.1. The molecule has 9 heteroatoms. The number of aryl methyl sites for hydroxylation is 1. The van der Waals surface area contributed by atoms with E-state index in [2.05, 4.69) is 16.5 Å². The summed E-state index contributed by atoms with van der Waals surface area (Å²) in [5.41, 5.74) is 3.41. The van der Waals surface area contributed by atoms with Crippen LogP contribution in [-0.4, -0.2) is 43.0 Å². The van der Waals surface area contributed by atoms with E-state index in [4.69, 9.17) is 25.8 Å². The van der Waals surface area contributed by atoms with Crippen molar-refractivity contribution < 1.29 is 23.8 Å². The Bertz CT molecular complexity index is 1340. The molecule has 4 rings (SSSR count). The number of benzene rings is 2. The molecule has 1 aromatic heterocycles. The number of hydrogen-bond acceptors (Lipinski definition) is 6. The summed E-state index contributed by atoms with van der Waals surface area (Å²) in [7, 11) is 4.46. The van der Waals surface area contributed by atoms with Crippen LogP contribution in [0.4, 0.5) is 5.69 Å². The molecule has 2 aromatic carbocycles. The number of ether oxygens (including phenoxy) is 3. The SMILES string of the molecule is COC(=O)c1ccc(NC(=O)c2cc3n(n2)/C(c2ccc(OC)c(OC)c2)=C\C=C/CC3)c(Cl)c1. The monoisotopic (exact) mass is 493 g/mol. The highest BCUT2D eigenvalue weighted by molar-refractivity contribution is 6.34. The van der Waals surface area contributed by atoms with Crippen molar-refractivity contribution in [3.05, 3.63) is 88.2 Å². The maximum atomic E-state index is 13.0. The van der Waals surface area contributed by atoms with Crippen molar-refractivity contribution >= 4 is 34.9 Å². The molecule has 8 nitrogen and oxygen atoms in total. The fourth-order valence-corrected chi connectivity index (χ4v) is 3.96. The van der Waals surface area contributed by atoms with Crippen LogP contribution < -0.4 is 14.8 Å². The Hall–Kier alpha value is -4.04. The van der Waals surface area contributed by atoms with Gasteiger partial charge in [-0.25, -0.2) is 9.48 Å². The number of halogens is 1. The molecule has 1 aliphatic rings. The second-order valence-electron chi connectivity index (χ2n) is 7.66. The van der Waals surface area contributed by atoms with Gasteiger partial charge >= 0.3 is 5.97 Å². The van der Waals surface area contributed by atoms with Crippen LogP contribution in [0.25, 0.3) is 5.70 Å². The lowest BCUT2D eigenvalue weighted by molar-refractivity contribution is 0.0600. The summed E-state index contributed by atoms with van der Waals surface area (Å²) >= 11 is 6.28. The molecule has 0 unspecified atom stereocenters. The van der Waals surface area contributed by atoms with Gasteiger partial charge in [-0.3, -0.25) is 4.79 Å². The Labute approximate surface area is 207 Å². The zero-order valence-electron chi connectivity index (χ0n) is 19.5. The average Bonchev–Trinajstić information content (AvgIpc) is 3.27. The van der Waals surface area contributed by atoms with Crippen LogP contribution in [-0.2, 0) is 11.2 Å². The highest BCUT2D eigenvalue weighted by Crippen LogP contribution is 2.32. The Morgan fingerprint density at radius 1 is 1.03 bits per heavy atom. The van der Waals surface area contributed by atoms with Gasteiger partial charge in [0.1, 0.15) is 0 Å². The molecule has 0 atom stereocenters. The van der Waals surface area contributed by atoms with E-state index >= 15 is 0 Å². The first-order valence-corrected chi connectivity index (χ1v) is 11.2. The molecule has 0 saturated heterocycles. The number of methoxy groups -OCH3 is 3. The molecular formula is C26H24ClN3O5. The van der Waals surface area contributed by atoms with Crippen molar-refractivity contribution in [2.75, 3.05) is 26.6 Å². The molecule has 0 fully saturated rings. The highest BCUT2D eigenvalue weighted by atomic mass is 35.5. The van der Waals surface area contributed by atoms with Crippen LogP contribution in [0.15, 0.2) is 60.7 Å². The van der Waals surface area contributed by atoms with Gasteiger partial charge in [-0.1, -0.05) is 23.8 Å². The van der Waals surface area contributed by atoms with Crippen LogP contribution in [0.5, 0.6) is 11.5 Å². The number of rotatable bonds is 6. The van der Waals surface area contributed by atoms with Gasteiger partial charge in [-0.05, 0) is 61.4 Å². The van der Waals surface area contributed by atoms with Gasteiger partial charge in [0, 0.05) is 11.3 Å². The van der Waals surface area contributed by atoms with Gasteiger partial charge in [0.05, 0.1) is 43.3 Å². The van der Waals surface area contributed by atoms with E-state index in [0.29, 0.717) is 23.6 Å². The van der Waals surface area contributed by atoms with Crippen molar-refractivity contribution in [3.8, 4) is 11.5 Å². The van der Waals surface area contributed by atoms with Crippen molar-refractivity contribution in [1.29, 1.82) is 0 Å².